The largest absolute Gasteiger partial charge is 0.490 e. The number of halogens is 2. The Hall–Kier alpha value is -4.95. The number of rotatable bonds is 9. The SMILES string of the molecule is O=C1CCC(N2C(=O)c3ccc(N4CCC(CN5CCC(OC6CC(Oc7ccc8c9cnccc9n(C(F)F)c8c7)C6)CC5)CC4)cc3C2=O)C(=O)N1. The summed E-state index contributed by atoms with van der Waals surface area (Å²) >= 11 is 0. The average molecular weight is 741 g/mol. The Morgan fingerprint density at radius 3 is 2.33 bits per heavy atom. The van der Waals surface area contributed by atoms with Gasteiger partial charge in [-0.3, -0.25) is 38.9 Å². The first-order chi connectivity index (χ1) is 26.2. The van der Waals surface area contributed by atoms with E-state index in [1.54, 1.807) is 30.5 Å². The molecule has 0 spiro atoms. The topological polar surface area (TPSA) is 126 Å². The van der Waals surface area contributed by atoms with Gasteiger partial charge in [0, 0.05) is 86.9 Å². The Morgan fingerprint density at radius 1 is 0.796 bits per heavy atom. The molecule has 2 aromatic carbocycles. The zero-order valence-corrected chi connectivity index (χ0v) is 29.8. The summed E-state index contributed by atoms with van der Waals surface area (Å²) in [6.07, 6.45) is 9.34. The Bertz CT molecular complexity index is 2140. The standard InChI is InChI=1S/C40H42F2N6O6/c41-40(42)47-33-7-12-43-21-32(33)29-4-2-26(20-35(29)47)54-28-18-27(19-28)53-25-10-13-45(14-11-25)22-23-8-15-46(16-9-23)24-1-3-30-31(17-24)39(52)48(38(30)51)34-5-6-36(49)44-37(34)50/h1-4,7,12,17,20-21,23,25,27-28,34,40H,5-6,8-11,13-16,18-19,22H2,(H,44,49,50). The first kappa shape index (κ1) is 34.8. The number of nitrogens with zero attached hydrogens (tertiary/aromatic N) is 5. The number of pyridine rings is 1. The number of benzene rings is 2. The molecule has 4 aliphatic heterocycles. The van der Waals surface area contributed by atoms with E-state index in [-0.39, 0.29) is 31.2 Å². The highest BCUT2D eigenvalue weighted by Crippen LogP contribution is 2.37. The molecule has 54 heavy (non-hydrogen) atoms. The van der Waals surface area contributed by atoms with Gasteiger partial charge in [-0.1, -0.05) is 0 Å². The second-order valence-electron chi connectivity index (χ2n) is 15.3. The summed E-state index contributed by atoms with van der Waals surface area (Å²) in [4.78, 5) is 60.3. The van der Waals surface area contributed by atoms with Gasteiger partial charge in [-0.25, -0.2) is 0 Å². The average Bonchev–Trinajstić information content (AvgIpc) is 3.61. The lowest BCUT2D eigenvalue weighted by Crippen LogP contribution is -2.54. The molecule has 6 heterocycles. The predicted octanol–water partition coefficient (Wildman–Crippen LogP) is 5.29. The third-order valence-corrected chi connectivity index (χ3v) is 12.0. The number of hydrogen-bond donors (Lipinski definition) is 1. The van der Waals surface area contributed by atoms with Crippen molar-refractivity contribution < 1.29 is 37.4 Å². The highest BCUT2D eigenvalue weighted by molar-refractivity contribution is 6.23. The number of fused-ring (bicyclic) bond motifs is 4. The van der Waals surface area contributed by atoms with Crippen LogP contribution in [0.25, 0.3) is 21.8 Å². The van der Waals surface area contributed by atoms with Crippen LogP contribution in [0.15, 0.2) is 54.9 Å². The number of carbonyl (C=O) groups excluding carboxylic acids is 4. The minimum Gasteiger partial charge on any atom is -0.490 e. The fraction of sp³-hybridized carbons (Fsp3) is 0.475. The molecule has 1 aliphatic carbocycles. The predicted molar refractivity (Wildman–Crippen MR) is 195 cm³/mol. The fourth-order valence-corrected chi connectivity index (χ4v) is 8.97. The molecule has 4 aromatic rings. The number of amides is 4. The molecule has 282 valence electrons. The monoisotopic (exact) mass is 740 g/mol. The maximum absolute atomic E-state index is 14.0. The lowest BCUT2D eigenvalue weighted by atomic mass is 9.91. The van der Waals surface area contributed by atoms with Gasteiger partial charge in [0.25, 0.3) is 11.8 Å². The molecule has 0 radical (unpaired) electrons. The molecule has 4 amide bonds. The van der Waals surface area contributed by atoms with Crippen molar-refractivity contribution in [2.75, 3.05) is 37.6 Å². The van der Waals surface area contributed by atoms with E-state index < -0.39 is 36.2 Å². The van der Waals surface area contributed by atoms with Crippen molar-refractivity contribution in [3.63, 3.8) is 0 Å². The molecular formula is C40H42F2N6O6. The molecule has 3 saturated heterocycles. The van der Waals surface area contributed by atoms with Gasteiger partial charge in [0.2, 0.25) is 11.8 Å². The Balaban J connectivity index is 0.712. The van der Waals surface area contributed by atoms with E-state index in [0.29, 0.717) is 39.2 Å². The summed E-state index contributed by atoms with van der Waals surface area (Å²) in [7, 11) is 0. The van der Waals surface area contributed by atoms with Gasteiger partial charge in [-0.2, -0.15) is 8.78 Å². The van der Waals surface area contributed by atoms with Crippen molar-refractivity contribution in [1.82, 2.24) is 24.7 Å². The first-order valence-corrected chi connectivity index (χ1v) is 19.0. The quantitative estimate of drug-likeness (QED) is 0.228. The number of hydrogen-bond acceptors (Lipinski definition) is 9. The summed E-state index contributed by atoms with van der Waals surface area (Å²) in [5.74, 6) is -0.813. The molecular weight excluding hydrogens is 698 g/mol. The molecule has 2 aromatic heterocycles. The van der Waals surface area contributed by atoms with Crippen LogP contribution in [0.3, 0.4) is 0 Å². The lowest BCUT2D eigenvalue weighted by Gasteiger charge is -2.41. The minimum atomic E-state index is -2.67. The van der Waals surface area contributed by atoms with Gasteiger partial charge in [0.15, 0.2) is 0 Å². The second-order valence-corrected chi connectivity index (χ2v) is 15.3. The molecule has 14 heteroatoms. The smallest absolute Gasteiger partial charge is 0.319 e. The van der Waals surface area contributed by atoms with Crippen LogP contribution in [0.4, 0.5) is 14.5 Å². The summed E-state index contributed by atoms with van der Waals surface area (Å²) in [6, 6.07) is 11.4. The van der Waals surface area contributed by atoms with E-state index in [9.17, 15) is 28.0 Å². The fourth-order valence-electron chi connectivity index (χ4n) is 8.97. The van der Waals surface area contributed by atoms with Gasteiger partial charge in [-0.15, -0.1) is 0 Å². The maximum Gasteiger partial charge on any atom is 0.319 e. The summed E-state index contributed by atoms with van der Waals surface area (Å²) in [5, 5.41) is 3.67. The van der Waals surface area contributed by atoms with Crippen molar-refractivity contribution in [3.8, 4) is 5.75 Å². The Morgan fingerprint density at radius 2 is 1.57 bits per heavy atom. The van der Waals surface area contributed by atoms with Crippen LogP contribution >= 0.6 is 0 Å². The number of carbonyl (C=O) groups is 4. The van der Waals surface area contributed by atoms with Crippen LogP contribution in [0.5, 0.6) is 5.75 Å². The van der Waals surface area contributed by atoms with Crippen molar-refractivity contribution in [2.24, 2.45) is 5.92 Å². The second kappa shape index (κ2) is 14.0. The van der Waals surface area contributed by atoms with Crippen molar-refractivity contribution in [1.29, 1.82) is 0 Å². The van der Waals surface area contributed by atoms with Gasteiger partial charge in [0.1, 0.15) is 17.9 Å². The van der Waals surface area contributed by atoms with E-state index >= 15 is 0 Å². The number of alkyl halides is 2. The van der Waals surface area contributed by atoms with E-state index in [2.05, 4.69) is 20.1 Å². The van der Waals surface area contributed by atoms with Gasteiger partial charge in [0.05, 0.1) is 34.4 Å². The van der Waals surface area contributed by atoms with E-state index in [0.717, 1.165) is 91.8 Å². The van der Waals surface area contributed by atoms with Crippen LogP contribution in [0.1, 0.15) is 78.6 Å². The highest BCUT2D eigenvalue weighted by atomic mass is 19.3. The minimum absolute atomic E-state index is 0.00300. The van der Waals surface area contributed by atoms with Crippen LogP contribution < -0.4 is 15.0 Å². The van der Waals surface area contributed by atoms with Crippen LogP contribution in [0, 0.1) is 5.92 Å². The van der Waals surface area contributed by atoms with Gasteiger partial charge < -0.3 is 19.3 Å². The van der Waals surface area contributed by atoms with Gasteiger partial charge >= 0.3 is 6.55 Å². The van der Waals surface area contributed by atoms with Crippen LogP contribution in [0.2, 0.25) is 0 Å². The molecule has 1 atom stereocenters. The Labute approximate surface area is 310 Å². The van der Waals surface area contributed by atoms with Gasteiger partial charge in [-0.05, 0) is 74.4 Å². The Kier molecular flexibility index (Phi) is 9.04. The number of anilines is 1. The van der Waals surface area contributed by atoms with Crippen molar-refractivity contribution >= 4 is 51.1 Å². The number of imide groups is 2. The normalized spacial score (nSPS) is 24.5. The molecule has 1 N–H and O–H groups in total. The number of likely N-dealkylation sites (tertiary alicyclic amines) is 1. The van der Waals surface area contributed by atoms with Crippen LogP contribution in [-0.2, 0) is 14.3 Å². The molecule has 4 fully saturated rings. The third kappa shape index (κ3) is 6.38. The third-order valence-electron chi connectivity index (χ3n) is 12.0. The van der Waals surface area contributed by atoms with E-state index in [4.69, 9.17) is 9.47 Å². The summed E-state index contributed by atoms with van der Waals surface area (Å²) in [5.41, 5.74) is 2.40. The number of aromatic nitrogens is 2. The summed E-state index contributed by atoms with van der Waals surface area (Å²) < 4.78 is 41.6. The molecule has 5 aliphatic rings. The van der Waals surface area contributed by atoms with Crippen molar-refractivity contribution in [3.05, 3.63) is 66.0 Å². The number of nitrogens with one attached hydrogen (secondary N) is 1. The first-order valence-electron chi connectivity index (χ1n) is 19.0. The zero-order valence-electron chi connectivity index (χ0n) is 29.8. The maximum atomic E-state index is 14.0. The molecule has 9 rings (SSSR count). The summed E-state index contributed by atoms with van der Waals surface area (Å²) in [6.45, 7) is 2.08. The van der Waals surface area contributed by atoms with E-state index in [1.165, 1.54) is 6.20 Å². The van der Waals surface area contributed by atoms with Crippen molar-refractivity contribution in [2.45, 2.75) is 82.3 Å². The highest BCUT2D eigenvalue weighted by Gasteiger charge is 2.45. The number of ether oxygens (including phenoxy) is 2. The van der Waals surface area contributed by atoms with Crippen LogP contribution in [-0.4, -0.2) is 100 Å². The lowest BCUT2D eigenvalue weighted by molar-refractivity contribution is -0.136. The van der Waals surface area contributed by atoms with E-state index in [1.807, 2.05) is 18.2 Å². The zero-order chi connectivity index (χ0) is 37.1. The molecule has 12 nitrogen and oxygen atoms in total. The number of piperidine rings is 3. The molecule has 0 bridgehead atoms. The molecule has 1 unspecified atom stereocenters. The molecule has 1 saturated carbocycles.